The third-order valence-electron chi connectivity index (χ3n) is 5.62. The first-order valence-electron chi connectivity index (χ1n) is 11.2. The fourth-order valence-corrected chi connectivity index (χ4v) is 4.51. The van der Waals surface area contributed by atoms with Gasteiger partial charge in [-0.25, -0.2) is 0 Å². The molecule has 4 heterocycles. The Morgan fingerprint density at radius 1 is 1.23 bits per heavy atom. The number of carbonyl (C=O) groups is 1. The van der Waals surface area contributed by atoms with E-state index in [4.69, 9.17) is 8.22 Å². The number of amides is 1. The van der Waals surface area contributed by atoms with Gasteiger partial charge in [-0.2, -0.15) is 0 Å². The maximum atomic E-state index is 13.4. The van der Waals surface area contributed by atoms with Crippen LogP contribution in [0.5, 0.6) is 0 Å². The molecule has 3 nitrogen and oxygen atoms in total. The van der Waals surface area contributed by atoms with Gasteiger partial charge in [0.25, 0.3) is 5.91 Å². The molecule has 1 amide bonds. The summed E-state index contributed by atoms with van der Waals surface area (Å²) < 4.78 is 49.9. The van der Waals surface area contributed by atoms with E-state index in [0.29, 0.717) is 50.0 Å². The molecule has 22 heavy (non-hydrogen) atoms. The molecule has 3 heteroatoms. The number of aryl methyl sites for hydroxylation is 1. The first-order chi connectivity index (χ1) is 13.1. The highest BCUT2D eigenvalue weighted by atomic mass is 16.2. The van der Waals surface area contributed by atoms with Crippen LogP contribution in [0.2, 0.25) is 0 Å². The van der Waals surface area contributed by atoms with Crippen LogP contribution in [0.4, 0.5) is 0 Å². The van der Waals surface area contributed by atoms with Gasteiger partial charge in [-0.05, 0) is 68.2 Å². The van der Waals surface area contributed by atoms with Crippen LogP contribution in [0.3, 0.4) is 0 Å². The Morgan fingerprint density at radius 2 is 2.18 bits per heavy atom. The molecule has 1 aromatic rings. The number of nitrogens with zero attached hydrogens (tertiary/aromatic N) is 2. The third kappa shape index (κ3) is 1.81. The maximum absolute atomic E-state index is 13.4. The summed E-state index contributed by atoms with van der Waals surface area (Å²) in [5, 5.41) is 0. The summed E-state index contributed by atoms with van der Waals surface area (Å²) in [7, 11) is 0. The smallest absolute Gasteiger partial charge is 0.254 e. The van der Waals surface area contributed by atoms with Gasteiger partial charge in [0, 0.05) is 38.8 Å². The fourth-order valence-electron chi connectivity index (χ4n) is 4.51. The van der Waals surface area contributed by atoms with Crippen molar-refractivity contribution in [3.05, 3.63) is 34.9 Å². The van der Waals surface area contributed by atoms with Gasteiger partial charge in [0.1, 0.15) is 0 Å². The molecule has 1 aliphatic carbocycles. The van der Waals surface area contributed by atoms with Gasteiger partial charge < -0.3 is 9.80 Å². The van der Waals surface area contributed by atoms with Crippen molar-refractivity contribution >= 4 is 5.91 Å². The number of carbonyl (C=O) groups excluding carboxylic acids is 1. The van der Waals surface area contributed by atoms with Crippen LogP contribution in [0.25, 0.3) is 0 Å². The van der Waals surface area contributed by atoms with E-state index in [0.717, 1.165) is 5.56 Å². The van der Waals surface area contributed by atoms with Crippen molar-refractivity contribution in [1.29, 1.82) is 0 Å². The third-order valence-corrected chi connectivity index (χ3v) is 5.62. The number of hydrogen-bond acceptors (Lipinski definition) is 2. The zero-order valence-corrected chi connectivity index (χ0v) is 12.5. The Hall–Kier alpha value is -1.35. The van der Waals surface area contributed by atoms with Gasteiger partial charge in [0.2, 0.25) is 0 Å². The zero-order valence-electron chi connectivity index (χ0n) is 18.5. The summed E-state index contributed by atoms with van der Waals surface area (Å²) in [6.07, 6.45) is -1.81. The summed E-state index contributed by atoms with van der Waals surface area (Å²) in [5.74, 6) is -0.636. The number of piperidine rings is 3. The number of benzene rings is 1. The van der Waals surface area contributed by atoms with Crippen molar-refractivity contribution in [3.8, 4) is 0 Å². The summed E-state index contributed by atoms with van der Waals surface area (Å²) in [6.45, 7) is -0.685. The second kappa shape index (κ2) is 4.82. The molecule has 4 aliphatic heterocycles. The van der Waals surface area contributed by atoms with E-state index in [-0.39, 0.29) is 17.9 Å². The Labute approximate surface area is 140 Å². The van der Waals surface area contributed by atoms with Crippen LogP contribution < -0.4 is 0 Å². The maximum Gasteiger partial charge on any atom is 0.254 e. The molecule has 0 N–H and O–H groups in total. The number of fused-ring (bicyclic) bond motifs is 3. The predicted octanol–water partition coefficient (Wildman–Crippen LogP) is 2.66. The van der Waals surface area contributed by atoms with Crippen LogP contribution in [-0.2, 0) is 6.37 Å². The molecule has 4 atom stereocenters. The molecule has 6 rings (SSSR count). The molecule has 5 aliphatic rings. The van der Waals surface area contributed by atoms with Crippen LogP contribution in [0.1, 0.15) is 61.3 Å². The van der Waals surface area contributed by atoms with Crippen LogP contribution in [-0.4, -0.2) is 47.9 Å². The van der Waals surface area contributed by atoms with Crippen LogP contribution in [0.15, 0.2) is 18.2 Å². The number of hydrogen-bond donors (Lipinski definition) is 0. The molecule has 1 aromatic carbocycles. The van der Waals surface area contributed by atoms with Crippen molar-refractivity contribution in [2.24, 2.45) is 5.92 Å². The molecule has 0 radical (unpaired) electrons. The second-order valence-electron chi connectivity index (χ2n) is 6.80. The van der Waals surface area contributed by atoms with Gasteiger partial charge in [-0.3, -0.25) is 4.79 Å². The monoisotopic (exact) mass is 302 g/mol. The summed E-state index contributed by atoms with van der Waals surface area (Å²) in [6, 6.07) is 4.94. The number of rotatable bonds is 1. The van der Waals surface area contributed by atoms with Gasteiger partial charge in [-0.1, -0.05) is 12.1 Å². The molecule has 116 valence electrons. The average molecular weight is 302 g/mol. The standard InChI is InChI=1S/C19H24N2O/c22-19-16-6-2-4-14-3-1-5-15(18(14)16)11-21(19)17-12-20-9-7-13(17)8-10-20/h2,4,6,13,15,17H,1,3,5,7-12H2/t15-,17-/m1/s1/i3D2,7D2,9D2/t13-,15-,17-. The lowest BCUT2D eigenvalue weighted by Crippen LogP contribution is -2.60. The van der Waals surface area contributed by atoms with Crippen molar-refractivity contribution in [2.75, 3.05) is 26.1 Å². The summed E-state index contributed by atoms with van der Waals surface area (Å²) in [4.78, 5) is 16.7. The highest BCUT2D eigenvalue weighted by Gasteiger charge is 2.43. The minimum atomic E-state index is -2.02. The van der Waals surface area contributed by atoms with Crippen molar-refractivity contribution in [1.82, 2.24) is 9.80 Å². The SMILES string of the molecule is [2H]C1([2H])CC[C@@H]2CN([C@@H]3CN4CC[C@H]3C([2H])([2H])C4([2H])[2H])C(=O)c3cccc1c32. The van der Waals surface area contributed by atoms with Crippen molar-refractivity contribution in [2.45, 2.75) is 44.0 Å². The second-order valence-corrected chi connectivity index (χ2v) is 6.80. The Bertz CT molecular complexity index is 857. The van der Waals surface area contributed by atoms with E-state index in [9.17, 15) is 4.79 Å². The molecular weight excluding hydrogens is 272 g/mol. The molecule has 0 spiro atoms. The first-order valence-corrected chi connectivity index (χ1v) is 8.25. The van der Waals surface area contributed by atoms with Crippen LogP contribution in [0, 0.1) is 5.92 Å². The Balaban J connectivity index is 1.55. The zero-order chi connectivity index (χ0) is 20.1. The molecule has 2 bridgehead atoms. The fraction of sp³-hybridized carbons (Fsp3) is 0.632. The van der Waals surface area contributed by atoms with E-state index in [1.807, 2.05) is 0 Å². The van der Waals surface area contributed by atoms with E-state index < -0.39 is 25.2 Å². The van der Waals surface area contributed by atoms with E-state index in [1.165, 1.54) is 0 Å². The van der Waals surface area contributed by atoms with E-state index in [1.54, 1.807) is 28.0 Å². The van der Waals surface area contributed by atoms with Crippen molar-refractivity contribution in [3.63, 3.8) is 0 Å². The molecule has 0 saturated carbocycles. The lowest BCUT2D eigenvalue weighted by molar-refractivity contribution is 0.00258. The van der Waals surface area contributed by atoms with Gasteiger partial charge in [0.05, 0.1) is 0 Å². The van der Waals surface area contributed by atoms with Crippen molar-refractivity contribution < 1.29 is 13.0 Å². The molecule has 3 saturated heterocycles. The quantitative estimate of drug-likeness (QED) is 0.796. The minimum Gasteiger partial charge on any atom is -0.333 e. The minimum absolute atomic E-state index is 0.0609. The van der Waals surface area contributed by atoms with Gasteiger partial charge in [-0.15, -0.1) is 0 Å². The Morgan fingerprint density at radius 3 is 3.09 bits per heavy atom. The molecule has 0 aromatic heterocycles. The molecule has 1 unspecified atom stereocenters. The predicted molar refractivity (Wildman–Crippen MR) is 86.1 cm³/mol. The van der Waals surface area contributed by atoms with E-state index in [2.05, 4.69) is 0 Å². The normalized spacial score (nSPS) is 47.3. The Kier molecular flexibility index (Phi) is 1.86. The molecular formula is C19H24N2O. The lowest BCUT2D eigenvalue weighted by Gasteiger charge is -2.51. The van der Waals surface area contributed by atoms with Crippen LogP contribution >= 0.6 is 0 Å². The highest BCUT2D eigenvalue weighted by molar-refractivity contribution is 5.97. The largest absolute Gasteiger partial charge is 0.333 e. The topological polar surface area (TPSA) is 23.6 Å². The highest BCUT2D eigenvalue weighted by Crippen LogP contribution is 2.41. The van der Waals surface area contributed by atoms with Gasteiger partial charge >= 0.3 is 0 Å². The average Bonchev–Trinajstić information content (AvgIpc) is 2.64. The first kappa shape index (κ1) is 8.49. The molecule has 3 fully saturated rings. The lowest BCUT2D eigenvalue weighted by atomic mass is 9.75. The summed E-state index contributed by atoms with van der Waals surface area (Å²) >= 11 is 0. The summed E-state index contributed by atoms with van der Waals surface area (Å²) in [5.41, 5.74) is 1.99. The van der Waals surface area contributed by atoms with Gasteiger partial charge in [0.15, 0.2) is 0 Å². The van der Waals surface area contributed by atoms with E-state index >= 15 is 0 Å².